The minimum Gasteiger partial charge on any atom is -0.481 e. The molecule has 78 heavy (non-hydrogen) atoms. The third-order valence-electron chi connectivity index (χ3n) is 11.3. The SMILES string of the molecule is CC(C)C[C@H](NC(=O)[C@H](Cc1c[nH]c2ccccc12)NC(=O)[C@H](CC(=O)O)NC(=O)[C@H](CCC(N)=O)NC(=O)[C@H](CC(N)=O)NC(=O)[C@H](CCCN=C(N)N)NC(=O)[C@H](CO)NC(=O)CNC(=O)[C@@H](N)CCC(=O)O)C(=O)O. The van der Waals surface area contributed by atoms with Crippen molar-refractivity contribution >= 4 is 93.8 Å². The number of carboxylic acid groups (broad SMARTS) is 3. The summed E-state index contributed by atoms with van der Waals surface area (Å²) in [7, 11) is 0. The Morgan fingerprint density at radius 3 is 1.65 bits per heavy atom. The average Bonchev–Trinajstić information content (AvgIpc) is 3.76. The quantitative estimate of drug-likeness (QED) is 0.0171. The first kappa shape index (κ1) is 65.2. The van der Waals surface area contributed by atoms with Gasteiger partial charge in [0.05, 0.1) is 32.0 Å². The molecule has 430 valence electrons. The summed E-state index contributed by atoms with van der Waals surface area (Å²) in [6, 6.07) is -6.81. The number of aliphatic hydroxyl groups is 1. The highest BCUT2D eigenvalue weighted by atomic mass is 16.4. The number of carboxylic acids is 3. The van der Waals surface area contributed by atoms with E-state index in [-0.39, 0.29) is 50.5 Å². The number of aromatic amines is 1. The molecule has 10 amide bonds. The second kappa shape index (κ2) is 32.5. The van der Waals surface area contributed by atoms with Crippen LogP contribution in [0, 0.1) is 5.92 Å². The minimum atomic E-state index is -2.03. The zero-order chi connectivity index (χ0) is 58.8. The number of hydrogen-bond acceptors (Lipinski definition) is 16. The summed E-state index contributed by atoms with van der Waals surface area (Å²) in [6.45, 7) is 1.44. The Labute approximate surface area is 444 Å². The fourth-order valence-corrected chi connectivity index (χ4v) is 7.33. The molecule has 0 radical (unpaired) electrons. The van der Waals surface area contributed by atoms with Gasteiger partial charge < -0.3 is 96.6 Å². The normalized spacial score (nSPS) is 14.0. The number of aliphatic hydroxyl groups excluding tert-OH is 1. The van der Waals surface area contributed by atoms with E-state index in [1.54, 1.807) is 38.1 Å². The second-order valence-corrected chi connectivity index (χ2v) is 18.2. The summed E-state index contributed by atoms with van der Waals surface area (Å²) in [5.41, 5.74) is 28.2. The molecule has 0 aliphatic heterocycles. The molecule has 32 heteroatoms. The third-order valence-corrected chi connectivity index (χ3v) is 11.3. The van der Waals surface area contributed by atoms with Crippen LogP contribution in [0.15, 0.2) is 35.5 Å². The highest BCUT2D eigenvalue weighted by molar-refractivity contribution is 6.00. The molecule has 23 N–H and O–H groups in total. The van der Waals surface area contributed by atoms with Gasteiger partial charge in [-0.1, -0.05) is 32.0 Å². The van der Waals surface area contributed by atoms with E-state index in [2.05, 4.69) is 52.5 Å². The van der Waals surface area contributed by atoms with Crippen LogP contribution in [0.5, 0.6) is 0 Å². The molecule has 0 bridgehead atoms. The maximum Gasteiger partial charge on any atom is 0.326 e. The lowest BCUT2D eigenvalue weighted by Crippen LogP contribution is -2.61. The molecule has 1 heterocycles. The Morgan fingerprint density at radius 1 is 0.590 bits per heavy atom. The molecular weight excluding hydrogens is 1030 g/mol. The fraction of sp³-hybridized carbons (Fsp3) is 0.522. The van der Waals surface area contributed by atoms with Gasteiger partial charge in [0.15, 0.2) is 5.96 Å². The smallest absolute Gasteiger partial charge is 0.326 e. The van der Waals surface area contributed by atoms with Gasteiger partial charge in [0, 0.05) is 42.9 Å². The van der Waals surface area contributed by atoms with Crippen molar-refractivity contribution in [1.29, 1.82) is 0 Å². The van der Waals surface area contributed by atoms with Crippen LogP contribution in [0.4, 0.5) is 0 Å². The summed E-state index contributed by atoms with van der Waals surface area (Å²) in [5.74, 6) is -16.3. The van der Waals surface area contributed by atoms with Crippen molar-refractivity contribution in [1.82, 2.24) is 47.5 Å². The largest absolute Gasteiger partial charge is 0.481 e. The summed E-state index contributed by atoms with van der Waals surface area (Å²) in [4.78, 5) is 174. The van der Waals surface area contributed by atoms with Gasteiger partial charge in [-0.25, -0.2) is 4.79 Å². The summed E-state index contributed by atoms with van der Waals surface area (Å²) < 4.78 is 0. The third kappa shape index (κ3) is 23.7. The van der Waals surface area contributed by atoms with E-state index in [0.29, 0.717) is 16.5 Å². The van der Waals surface area contributed by atoms with Crippen LogP contribution < -0.4 is 71.2 Å². The van der Waals surface area contributed by atoms with Crippen molar-refractivity contribution in [3.05, 3.63) is 36.0 Å². The monoisotopic (exact) mass is 1100 g/mol. The predicted octanol–water partition coefficient (Wildman–Crippen LogP) is -6.80. The lowest BCUT2D eigenvalue weighted by atomic mass is 10.0. The number of hydrogen-bond donors (Lipinski definition) is 18. The molecule has 0 aliphatic rings. The van der Waals surface area contributed by atoms with Crippen LogP contribution in [0.3, 0.4) is 0 Å². The number of carbonyl (C=O) groups excluding carboxylic acids is 10. The number of H-pyrrole nitrogens is 1. The molecular formula is C46H69N15O17. The number of aromatic nitrogens is 1. The lowest BCUT2D eigenvalue weighted by molar-refractivity contribution is -0.143. The Hall–Kier alpha value is -8.94. The number of benzene rings is 1. The van der Waals surface area contributed by atoms with E-state index < -0.39 is 171 Å². The van der Waals surface area contributed by atoms with Gasteiger partial charge in [-0.05, 0) is 49.7 Å². The molecule has 0 unspecified atom stereocenters. The van der Waals surface area contributed by atoms with Crippen LogP contribution >= 0.6 is 0 Å². The van der Waals surface area contributed by atoms with Gasteiger partial charge in [0.25, 0.3) is 0 Å². The number of carbonyl (C=O) groups is 13. The van der Waals surface area contributed by atoms with Gasteiger partial charge in [0.1, 0.15) is 42.3 Å². The molecule has 0 saturated heterocycles. The highest BCUT2D eigenvalue weighted by Gasteiger charge is 2.36. The van der Waals surface area contributed by atoms with Crippen LogP contribution in [0.2, 0.25) is 0 Å². The molecule has 0 aliphatic carbocycles. The number of para-hydroxylation sites is 1. The number of nitrogens with one attached hydrogen (secondary N) is 9. The molecule has 0 spiro atoms. The first-order valence-corrected chi connectivity index (χ1v) is 24.2. The number of guanidine groups is 1. The van der Waals surface area contributed by atoms with Crippen molar-refractivity contribution in [2.45, 2.75) is 126 Å². The Bertz CT molecular complexity index is 2530. The Morgan fingerprint density at radius 2 is 1.12 bits per heavy atom. The van der Waals surface area contributed by atoms with Crippen molar-refractivity contribution in [3.8, 4) is 0 Å². The number of aliphatic imine (C=N–C) groups is 1. The van der Waals surface area contributed by atoms with Crippen LogP contribution in [0.25, 0.3) is 10.9 Å². The molecule has 2 rings (SSSR count). The van der Waals surface area contributed by atoms with Crippen LogP contribution in [0.1, 0.15) is 77.2 Å². The first-order chi connectivity index (χ1) is 36.6. The number of nitrogens with two attached hydrogens (primary N) is 5. The number of aliphatic carboxylic acids is 3. The van der Waals surface area contributed by atoms with E-state index in [9.17, 15) is 77.6 Å². The molecule has 1 aromatic heterocycles. The predicted molar refractivity (Wildman–Crippen MR) is 272 cm³/mol. The second-order valence-electron chi connectivity index (χ2n) is 18.2. The van der Waals surface area contributed by atoms with E-state index in [0.717, 1.165) is 0 Å². The number of primary amides is 2. The van der Waals surface area contributed by atoms with Crippen molar-refractivity contribution in [3.63, 3.8) is 0 Å². The number of fused-ring (bicyclic) bond motifs is 1. The summed E-state index contributed by atoms with van der Waals surface area (Å²) >= 11 is 0. The molecule has 1 aromatic carbocycles. The topological polar surface area (TPSA) is 557 Å². The van der Waals surface area contributed by atoms with Crippen molar-refractivity contribution in [2.24, 2.45) is 39.6 Å². The molecule has 0 fully saturated rings. The number of rotatable bonds is 36. The average molecular weight is 1100 g/mol. The first-order valence-electron chi connectivity index (χ1n) is 24.2. The molecule has 32 nitrogen and oxygen atoms in total. The Balaban J connectivity index is 2.43. The highest BCUT2D eigenvalue weighted by Crippen LogP contribution is 2.20. The van der Waals surface area contributed by atoms with Gasteiger partial charge in [-0.15, -0.1) is 0 Å². The molecule has 2 aromatic rings. The molecule has 8 atom stereocenters. The Kier molecular flexibility index (Phi) is 27.1. The molecule has 0 saturated carbocycles. The fourth-order valence-electron chi connectivity index (χ4n) is 7.33. The lowest BCUT2D eigenvalue weighted by Gasteiger charge is -2.27. The zero-order valence-electron chi connectivity index (χ0n) is 42.7. The van der Waals surface area contributed by atoms with Gasteiger partial charge in [-0.3, -0.25) is 62.5 Å². The number of amides is 10. The van der Waals surface area contributed by atoms with E-state index in [1.165, 1.54) is 6.20 Å². The van der Waals surface area contributed by atoms with Crippen LogP contribution in [-0.2, 0) is 68.7 Å². The van der Waals surface area contributed by atoms with Gasteiger partial charge >= 0.3 is 17.9 Å². The summed E-state index contributed by atoms with van der Waals surface area (Å²) in [5, 5.41) is 57.0. The standard InChI is InChI=1S/C46H69N15O17/c1-21(2)14-31(45(77)78)61-41(73)28(15-22-18-53-25-7-4-3-6-23(22)25)58-43(75)30(17-37(68)69)60-40(72)27(10-11-33(48)63)57-42(74)29(16-34(49)64)59-39(71)26(8-5-13-52-46(50)51)56-44(76)32(20-62)55-35(65)19-54-38(70)24(47)9-12-36(66)67/h3-4,6-7,18,21,24,26-32,53,62H,5,8-17,19-20,47H2,1-2H3,(H2,48,63)(H2,49,64)(H,54,70)(H,55,65)(H,56,76)(H,57,74)(H,58,75)(H,59,71)(H,60,72)(H,61,73)(H,66,67)(H,68,69)(H,77,78)(H4,50,51,52)/t24-,26-,27-,28-,29-,30-,31-,32-/m0/s1. The van der Waals surface area contributed by atoms with E-state index >= 15 is 0 Å². The maximum absolute atomic E-state index is 14.0. The van der Waals surface area contributed by atoms with E-state index in [4.69, 9.17) is 33.8 Å². The summed E-state index contributed by atoms with van der Waals surface area (Å²) in [6.07, 6.45) is -3.23. The zero-order valence-corrected chi connectivity index (χ0v) is 42.7. The van der Waals surface area contributed by atoms with Crippen molar-refractivity contribution < 1.29 is 82.8 Å². The van der Waals surface area contributed by atoms with Gasteiger partial charge in [0.2, 0.25) is 59.1 Å². The van der Waals surface area contributed by atoms with Gasteiger partial charge in [-0.2, -0.15) is 0 Å². The van der Waals surface area contributed by atoms with Crippen molar-refractivity contribution in [2.75, 3.05) is 19.7 Å². The van der Waals surface area contributed by atoms with E-state index in [1.807, 2.05) is 0 Å². The number of nitrogens with zero attached hydrogens (tertiary/aromatic N) is 1. The van der Waals surface area contributed by atoms with Crippen LogP contribution in [-0.4, -0.2) is 176 Å². The minimum absolute atomic E-state index is 0.0120. The maximum atomic E-state index is 14.0.